The SMILES string of the molecule is CNC(CC1CCC1)c1c(F)cc(F)cc1F. The Labute approximate surface area is 99.0 Å². The summed E-state index contributed by atoms with van der Waals surface area (Å²) >= 11 is 0. The molecule has 0 heterocycles. The lowest BCUT2D eigenvalue weighted by atomic mass is 9.79. The molecular formula is C13H16F3N. The van der Waals surface area contributed by atoms with Crippen LogP contribution in [0.3, 0.4) is 0 Å². The molecule has 1 atom stereocenters. The molecule has 1 aliphatic rings. The molecule has 0 amide bonds. The van der Waals surface area contributed by atoms with Crippen molar-refractivity contribution >= 4 is 0 Å². The Bertz CT molecular complexity index is 379. The summed E-state index contributed by atoms with van der Waals surface area (Å²) in [6.45, 7) is 0. The Morgan fingerprint density at radius 2 is 1.82 bits per heavy atom. The van der Waals surface area contributed by atoms with Crippen LogP contribution in [0.4, 0.5) is 13.2 Å². The summed E-state index contributed by atoms with van der Waals surface area (Å²) in [7, 11) is 1.67. The molecule has 17 heavy (non-hydrogen) atoms. The third-order valence-corrected chi connectivity index (χ3v) is 3.53. The molecule has 1 aromatic carbocycles. The normalized spacial score (nSPS) is 17.9. The minimum Gasteiger partial charge on any atom is -0.313 e. The lowest BCUT2D eigenvalue weighted by Crippen LogP contribution is -2.25. The van der Waals surface area contributed by atoms with Crippen molar-refractivity contribution in [2.75, 3.05) is 7.05 Å². The molecule has 1 fully saturated rings. The maximum Gasteiger partial charge on any atom is 0.133 e. The van der Waals surface area contributed by atoms with Crippen molar-refractivity contribution < 1.29 is 13.2 Å². The Balaban J connectivity index is 2.22. The molecule has 1 aliphatic carbocycles. The largest absolute Gasteiger partial charge is 0.313 e. The van der Waals surface area contributed by atoms with E-state index >= 15 is 0 Å². The van der Waals surface area contributed by atoms with E-state index in [2.05, 4.69) is 5.32 Å². The van der Waals surface area contributed by atoms with E-state index in [-0.39, 0.29) is 11.6 Å². The maximum atomic E-state index is 13.6. The zero-order valence-electron chi connectivity index (χ0n) is 9.77. The van der Waals surface area contributed by atoms with Gasteiger partial charge in [0.05, 0.1) is 0 Å². The van der Waals surface area contributed by atoms with Crippen molar-refractivity contribution in [2.24, 2.45) is 5.92 Å². The Hall–Kier alpha value is -1.03. The van der Waals surface area contributed by atoms with Gasteiger partial charge in [-0.25, -0.2) is 13.2 Å². The van der Waals surface area contributed by atoms with Gasteiger partial charge < -0.3 is 5.32 Å². The van der Waals surface area contributed by atoms with Crippen molar-refractivity contribution in [1.82, 2.24) is 5.32 Å². The molecule has 0 spiro atoms. The lowest BCUT2D eigenvalue weighted by molar-refractivity contribution is 0.260. The van der Waals surface area contributed by atoms with Gasteiger partial charge >= 0.3 is 0 Å². The maximum absolute atomic E-state index is 13.6. The first-order valence-corrected chi connectivity index (χ1v) is 5.93. The summed E-state index contributed by atoms with van der Waals surface area (Å²) in [6, 6.07) is 1.11. The van der Waals surface area contributed by atoms with Crippen LogP contribution in [0, 0.1) is 23.4 Å². The van der Waals surface area contributed by atoms with Crippen LogP contribution in [-0.4, -0.2) is 7.05 Å². The molecule has 0 aromatic heterocycles. The first-order valence-electron chi connectivity index (χ1n) is 5.93. The van der Waals surface area contributed by atoms with E-state index in [1.807, 2.05) is 0 Å². The van der Waals surface area contributed by atoms with E-state index < -0.39 is 17.5 Å². The molecule has 1 nitrogen and oxygen atoms in total. The summed E-state index contributed by atoms with van der Waals surface area (Å²) < 4.78 is 40.0. The second kappa shape index (κ2) is 5.08. The second-order valence-corrected chi connectivity index (χ2v) is 4.66. The zero-order valence-corrected chi connectivity index (χ0v) is 9.77. The molecular weight excluding hydrogens is 227 g/mol. The van der Waals surface area contributed by atoms with Crippen LogP contribution < -0.4 is 5.32 Å². The van der Waals surface area contributed by atoms with Crippen LogP contribution >= 0.6 is 0 Å². The lowest BCUT2D eigenvalue weighted by Gasteiger charge is -2.30. The third-order valence-electron chi connectivity index (χ3n) is 3.53. The average Bonchev–Trinajstić information content (AvgIpc) is 2.18. The molecule has 1 unspecified atom stereocenters. The molecule has 0 aliphatic heterocycles. The third kappa shape index (κ3) is 2.63. The zero-order chi connectivity index (χ0) is 12.4. The van der Waals surface area contributed by atoms with Gasteiger partial charge in [0.2, 0.25) is 0 Å². The fourth-order valence-electron chi connectivity index (χ4n) is 2.33. The quantitative estimate of drug-likeness (QED) is 0.852. The number of hydrogen-bond acceptors (Lipinski definition) is 1. The van der Waals surface area contributed by atoms with Crippen LogP contribution in [0.5, 0.6) is 0 Å². The predicted molar refractivity (Wildman–Crippen MR) is 60.1 cm³/mol. The van der Waals surface area contributed by atoms with Crippen LogP contribution in [0.25, 0.3) is 0 Å². The first kappa shape index (κ1) is 12.4. The minimum absolute atomic E-state index is 0.0409. The highest BCUT2D eigenvalue weighted by Gasteiger charge is 2.26. The first-order chi connectivity index (χ1) is 8.11. The van der Waals surface area contributed by atoms with E-state index in [0.29, 0.717) is 12.3 Å². The smallest absolute Gasteiger partial charge is 0.133 e. The molecule has 4 heteroatoms. The standard InChI is InChI=1S/C13H16F3N/c1-17-12(5-8-3-2-4-8)13-10(15)6-9(14)7-11(13)16/h6-8,12,17H,2-5H2,1H3. The van der Waals surface area contributed by atoms with Gasteiger partial charge in [0.15, 0.2) is 0 Å². The topological polar surface area (TPSA) is 12.0 Å². The van der Waals surface area contributed by atoms with Gasteiger partial charge in [0.1, 0.15) is 17.5 Å². The summed E-state index contributed by atoms with van der Waals surface area (Å²) in [6.07, 6.45) is 4.12. The number of benzene rings is 1. The highest BCUT2D eigenvalue weighted by atomic mass is 19.1. The monoisotopic (exact) mass is 243 g/mol. The van der Waals surface area contributed by atoms with Gasteiger partial charge in [-0.05, 0) is 19.4 Å². The number of halogens is 3. The Kier molecular flexibility index (Phi) is 3.72. The van der Waals surface area contributed by atoms with E-state index in [1.165, 1.54) is 6.42 Å². The predicted octanol–water partition coefficient (Wildman–Crippen LogP) is 3.55. The molecule has 0 saturated heterocycles. The van der Waals surface area contributed by atoms with Crippen molar-refractivity contribution in [1.29, 1.82) is 0 Å². The van der Waals surface area contributed by atoms with Crippen LogP contribution in [-0.2, 0) is 0 Å². The molecule has 0 bridgehead atoms. The summed E-state index contributed by atoms with van der Waals surface area (Å²) in [5.74, 6) is -1.96. The van der Waals surface area contributed by atoms with Crippen molar-refractivity contribution in [3.05, 3.63) is 35.1 Å². The van der Waals surface area contributed by atoms with Crippen LogP contribution in [0.2, 0.25) is 0 Å². The number of nitrogens with one attached hydrogen (secondary N) is 1. The van der Waals surface area contributed by atoms with E-state index in [1.54, 1.807) is 7.05 Å². The molecule has 2 rings (SSSR count). The minimum atomic E-state index is -0.873. The van der Waals surface area contributed by atoms with E-state index in [9.17, 15) is 13.2 Å². The number of hydrogen-bond donors (Lipinski definition) is 1. The molecule has 1 saturated carbocycles. The van der Waals surface area contributed by atoms with Gasteiger partial charge in [-0.1, -0.05) is 19.3 Å². The molecule has 94 valence electrons. The number of rotatable bonds is 4. The summed E-state index contributed by atoms with van der Waals surface area (Å²) in [5.41, 5.74) is -0.0409. The van der Waals surface area contributed by atoms with Gasteiger partial charge in [-0.15, -0.1) is 0 Å². The fourth-order valence-corrected chi connectivity index (χ4v) is 2.33. The second-order valence-electron chi connectivity index (χ2n) is 4.66. The fraction of sp³-hybridized carbons (Fsp3) is 0.538. The highest BCUT2D eigenvalue weighted by Crippen LogP contribution is 2.36. The summed E-state index contributed by atoms with van der Waals surface area (Å²) in [5, 5.41) is 2.92. The highest BCUT2D eigenvalue weighted by molar-refractivity contribution is 5.24. The average molecular weight is 243 g/mol. The van der Waals surface area contributed by atoms with Crippen LogP contribution in [0.15, 0.2) is 12.1 Å². The van der Waals surface area contributed by atoms with E-state index in [0.717, 1.165) is 25.0 Å². The van der Waals surface area contributed by atoms with Crippen LogP contribution in [0.1, 0.15) is 37.3 Å². The van der Waals surface area contributed by atoms with Crippen molar-refractivity contribution in [3.8, 4) is 0 Å². The van der Waals surface area contributed by atoms with Gasteiger partial charge in [-0.2, -0.15) is 0 Å². The van der Waals surface area contributed by atoms with E-state index in [4.69, 9.17) is 0 Å². The van der Waals surface area contributed by atoms with Gasteiger partial charge in [-0.3, -0.25) is 0 Å². The molecule has 1 aromatic rings. The molecule has 1 N–H and O–H groups in total. The van der Waals surface area contributed by atoms with Crippen molar-refractivity contribution in [3.63, 3.8) is 0 Å². The summed E-state index contributed by atoms with van der Waals surface area (Å²) in [4.78, 5) is 0. The van der Waals surface area contributed by atoms with Gasteiger partial charge in [0, 0.05) is 23.7 Å². The Morgan fingerprint density at radius 3 is 2.24 bits per heavy atom. The van der Waals surface area contributed by atoms with Gasteiger partial charge in [0.25, 0.3) is 0 Å². The molecule has 0 radical (unpaired) electrons. The Morgan fingerprint density at radius 1 is 1.24 bits per heavy atom. The van der Waals surface area contributed by atoms with Crippen molar-refractivity contribution in [2.45, 2.75) is 31.7 Å².